The summed E-state index contributed by atoms with van der Waals surface area (Å²) in [5.41, 5.74) is 0.294. The summed E-state index contributed by atoms with van der Waals surface area (Å²) < 4.78 is 23.2. The number of aryl methyl sites for hydroxylation is 2. The second-order valence-corrected chi connectivity index (χ2v) is 24.0. The summed E-state index contributed by atoms with van der Waals surface area (Å²) in [6.07, 6.45) is 2.31. The van der Waals surface area contributed by atoms with Crippen LogP contribution < -0.4 is 10.2 Å². The first-order valence-electron chi connectivity index (χ1n) is 14.3. The zero-order valence-corrected chi connectivity index (χ0v) is 39.4. The number of amides is 1. The number of hydrogen-bond donors (Lipinski definition) is 1. The molecule has 3 aromatic rings. The molecule has 0 atom stereocenters. The van der Waals surface area contributed by atoms with Gasteiger partial charge in [-0.05, 0) is 91.3 Å². The molecule has 1 saturated heterocycles. The quantitative estimate of drug-likeness (QED) is 0.0854. The lowest BCUT2D eigenvalue weighted by Gasteiger charge is -2.00. The number of thioether (sulfide) groups is 1. The van der Waals surface area contributed by atoms with E-state index < -0.39 is 8.87 Å². The van der Waals surface area contributed by atoms with Gasteiger partial charge in [0.1, 0.15) is 15.0 Å². The van der Waals surface area contributed by atoms with Crippen LogP contribution in [0.2, 0.25) is 0 Å². The number of thiocarbonyl (C=S) groups is 1. The van der Waals surface area contributed by atoms with E-state index in [-0.39, 0.29) is 41.9 Å². The Bertz CT molecular complexity index is 1980. The van der Waals surface area contributed by atoms with Gasteiger partial charge in [0, 0.05) is 43.9 Å². The van der Waals surface area contributed by atoms with Crippen molar-refractivity contribution < 1.29 is 32.4 Å². The van der Waals surface area contributed by atoms with Crippen molar-refractivity contribution in [1.29, 1.82) is 0 Å². The molecule has 0 unspecified atom stereocenters. The Hall–Kier alpha value is -1.37. The van der Waals surface area contributed by atoms with Crippen LogP contribution in [0.3, 0.4) is 0 Å². The number of fused-ring (bicyclic) bond motifs is 1. The lowest BCUT2D eigenvalue weighted by molar-refractivity contribution is -0.117. The van der Waals surface area contributed by atoms with Gasteiger partial charge in [-0.15, -0.1) is 0 Å². The highest BCUT2D eigenvalue weighted by Gasteiger charge is 2.33. The van der Waals surface area contributed by atoms with Crippen molar-refractivity contribution in [2.45, 2.75) is 38.5 Å². The number of hydrogen-bond acceptors (Lipinski definition) is 23. The van der Waals surface area contributed by atoms with E-state index in [1.807, 2.05) is 32.8 Å². The second-order valence-electron chi connectivity index (χ2n) is 9.25. The number of aromatic nitrogens is 2. The van der Waals surface area contributed by atoms with Crippen molar-refractivity contribution in [2.24, 2.45) is 9.98 Å². The summed E-state index contributed by atoms with van der Waals surface area (Å²) in [7, 11) is 12.1. The SMILES string of the molecule is CCC(=O)SSC(=O)NC.CN(C)C=NC1=NC(=S)CS1.Cc1nc(=O)ss1.Cc1nc(=S)ss1.O=C1CC(=O)SS1.O=C1SS(=O)(=O)c2ccccc21. The van der Waals surface area contributed by atoms with E-state index in [1.54, 1.807) is 57.8 Å². The topological polar surface area (TPSA) is 202 Å². The van der Waals surface area contributed by atoms with E-state index in [1.165, 1.54) is 39.9 Å². The monoisotopic (exact) mass is 982 g/mol. The predicted octanol–water partition coefficient (Wildman–Crippen LogP) is 7.85. The van der Waals surface area contributed by atoms with Gasteiger partial charge in [-0.3, -0.25) is 28.8 Å². The molecule has 0 saturated carbocycles. The minimum atomic E-state index is -3.39. The van der Waals surface area contributed by atoms with Crippen LogP contribution >= 0.6 is 132 Å². The molecule has 14 nitrogen and oxygen atoms in total. The molecule has 27 heteroatoms. The van der Waals surface area contributed by atoms with Crippen LogP contribution in [0, 0.1) is 17.8 Å². The normalized spacial score (nSPS) is 14.7. The highest BCUT2D eigenvalue weighted by atomic mass is 33.1. The van der Waals surface area contributed by atoms with Gasteiger partial charge < -0.3 is 10.2 Å². The number of nitrogens with one attached hydrogen (secondary N) is 1. The standard InChI is InChI=1S/C7H4O3S2.C6H9N3S2.C5H9NO2S2.C3H3NOS2.C3H3NS3.C3H2O2S2/c8-7-5-3-1-2-4-6(5)12(9,10)11-7;1-9(2)4-7-6-8-5(10)3-11-6;1-3-4(7)9-10-5(8)6-2;2*1-2-4-3(5)7-6-2;4-2-1-3(5)7-6-2/h1-4H;4H,3H2,1-2H3;3H2,1-2H3,(H,6,8);2*1H3;1H2. The van der Waals surface area contributed by atoms with Gasteiger partial charge in [-0.25, -0.2) is 23.4 Å². The van der Waals surface area contributed by atoms with Crippen LogP contribution in [0.15, 0.2) is 43.9 Å². The Kier molecular flexibility index (Phi) is 25.6. The molecule has 1 amide bonds. The lowest BCUT2D eigenvalue weighted by Crippen LogP contribution is -2.10. The summed E-state index contributed by atoms with van der Waals surface area (Å²) in [6.45, 7) is 5.54. The first kappa shape index (κ1) is 50.6. The molecule has 1 fully saturated rings. The highest BCUT2D eigenvalue weighted by molar-refractivity contribution is 8.88. The van der Waals surface area contributed by atoms with Gasteiger partial charge in [0.2, 0.25) is 24.2 Å². The van der Waals surface area contributed by atoms with E-state index in [4.69, 9.17) is 24.4 Å². The Balaban J connectivity index is 0.000000329. The van der Waals surface area contributed by atoms with Gasteiger partial charge in [-0.1, -0.05) is 63.7 Å². The first-order valence-corrected chi connectivity index (χ1v) is 27.5. The van der Waals surface area contributed by atoms with Crippen LogP contribution in [0.5, 0.6) is 0 Å². The summed E-state index contributed by atoms with van der Waals surface area (Å²) in [5.74, 6) is 0.801. The number of amidine groups is 1. The minimum absolute atomic E-state index is 0.0185. The van der Waals surface area contributed by atoms with Crippen LogP contribution in [-0.2, 0) is 23.3 Å². The maximum atomic E-state index is 11.2. The highest BCUT2D eigenvalue weighted by Crippen LogP contribution is 2.37. The summed E-state index contributed by atoms with van der Waals surface area (Å²) >= 11 is 11.2. The van der Waals surface area contributed by atoms with Gasteiger partial charge >= 0.3 is 4.87 Å². The third-order valence-corrected chi connectivity index (χ3v) is 18.2. The Morgan fingerprint density at radius 3 is 1.94 bits per heavy atom. The molecule has 0 bridgehead atoms. The zero-order valence-electron chi connectivity index (χ0n) is 28.8. The van der Waals surface area contributed by atoms with Crippen LogP contribution in [0.1, 0.15) is 40.1 Å². The van der Waals surface area contributed by atoms with Crippen molar-refractivity contribution in [1.82, 2.24) is 20.2 Å². The number of carbonyl (C=O) groups is 5. The van der Waals surface area contributed by atoms with Crippen LogP contribution in [-0.4, -0.2) is 92.4 Å². The smallest absolute Gasteiger partial charge is 0.337 e. The molecule has 5 heterocycles. The Morgan fingerprint density at radius 1 is 0.963 bits per heavy atom. The van der Waals surface area contributed by atoms with Gasteiger partial charge in [0.15, 0.2) is 14.2 Å². The summed E-state index contributed by atoms with van der Waals surface area (Å²) in [6, 6.07) is 6.23. The third-order valence-electron chi connectivity index (χ3n) is 4.69. The van der Waals surface area contributed by atoms with Crippen LogP contribution in [0.25, 0.3) is 0 Å². The predicted molar refractivity (Wildman–Crippen MR) is 242 cm³/mol. The summed E-state index contributed by atoms with van der Waals surface area (Å²) in [5, 5.41) is 4.50. The second kappa shape index (κ2) is 27.3. The fraction of sp³-hybridized carbons (Fsp3) is 0.333. The molecule has 0 radical (unpaired) electrons. The first-order chi connectivity index (χ1) is 25.4. The zero-order chi connectivity index (χ0) is 40.8. The van der Waals surface area contributed by atoms with Gasteiger partial charge in [-0.2, -0.15) is 4.98 Å². The molecular weight excluding hydrogens is 953 g/mol. The van der Waals surface area contributed by atoms with Gasteiger partial charge in [0.25, 0.3) is 5.24 Å². The number of carbonyl (C=O) groups excluding carboxylic acids is 5. The number of nitrogens with zero attached hydrogens (tertiary/aromatic N) is 5. The third kappa shape index (κ3) is 22.4. The molecule has 54 heavy (non-hydrogen) atoms. The van der Waals surface area contributed by atoms with E-state index in [0.29, 0.717) is 22.8 Å². The molecule has 294 valence electrons. The minimum Gasteiger partial charge on any atom is -0.369 e. The molecule has 2 aromatic heterocycles. The van der Waals surface area contributed by atoms with Crippen molar-refractivity contribution in [3.63, 3.8) is 0 Å². The Morgan fingerprint density at radius 2 is 1.57 bits per heavy atom. The van der Waals surface area contributed by atoms with Crippen molar-refractivity contribution in [3.8, 4) is 0 Å². The maximum Gasteiger partial charge on any atom is 0.337 e. The number of rotatable bonds is 2. The molecule has 1 aromatic carbocycles. The van der Waals surface area contributed by atoms with E-state index in [0.717, 1.165) is 73.1 Å². The fourth-order valence-corrected chi connectivity index (χ4v) is 12.6. The fourth-order valence-electron chi connectivity index (χ4n) is 2.55. The van der Waals surface area contributed by atoms with Crippen molar-refractivity contribution in [2.75, 3.05) is 26.9 Å². The summed E-state index contributed by atoms with van der Waals surface area (Å²) in [4.78, 5) is 81.1. The van der Waals surface area contributed by atoms with E-state index in [2.05, 4.69) is 25.3 Å². The molecule has 6 rings (SSSR count). The van der Waals surface area contributed by atoms with Crippen molar-refractivity contribution >= 4 is 183 Å². The molecule has 0 aliphatic carbocycles. The largest absolute Gasteiger partial charge is 0.369 e. The maximum absolute atomic E-state index is 11.2. The molecule has 3 aliphatic rings. The molecule has 0 spiro atoms. The van der Waals surface area contributed by atoms with Gasteiger partial charge in [0.05, 0.1) is 34.2 Å². The number of aliphatic imine (C=N–C) groups is 2. The lowest BCUT2D eigenvalue weighted by atomic mass is 10.2. The average molecular weight is 983 g/mol. The van der Waals surface area contributed by atoms with Crippen molar-refractivity contribution in [3.05, 3.63) is 53.5 Å². The Labute approximate surface area is 360 Å². The molecule has 3 aliphatic heterocycles. The molecule has 1 N–H and O–H groups in total. The van der Waals surface area contributed by atoms with E-state index >= 15 is 0 Å². The van der Waals surface area contributed by atoms with Crippen LogP contribution in [0.4, 0.5) is 4.79 Å². The molecular formula is C27H30N6O8S13. The average Bonchev–Trinajstić information content (AvgIpc) is 3.95. The number of benzene rings is 1. The van der Waals surface area contributed by atoms with E-state index in [9.17, 15) is 37.2 Å².